The van der Waals surface area contributed by atoms with Crippen LogP contribution in [-0.2, 0) is 6.42 Å². The van der Waals surface area contributed by atoms with Gasteiger partial charge in [0.15, 0.2) is 5.60 Å². The molecule has 1 N–H and O–H groups in total. The molecule has 1 aromatic rings. The third kappa shape index (κ3) is 2.85. The van der Waals surface area contributed by atoms with Crippen molar-refractivity contribution in [1.82, 2.24) is 0 Å². The first-order valence-electron chi connectivity index (χ1n) is 4.83. The molecule has 0 aromatic heterocycles. The average Bonchev–Trinajstić information content (AvgIpc) is 2.17. The highest BCUT2D eigenvalue weighted by Gasteiger charge is 2.52. The number of rotatable bonds is 4. The van der Waals surface area contributed by atoms with Crippen molar-refractivity contribution in [2.24, 2.45) is 0 Å². The molecule has 1 rings (SSSR count). The number of halogens is 3. The van der Waals surface area contributed by atoms with Crippen LogP contribution in [-0.4, -0.2) is 16.9 Å². The van der Waals surface area contributed by atoms with E-state index >= 15 is 0 Å². The molecule has 1 nitrogen and oxygen atoms in total. The summed E-state index contributed by atoms with van der Waals surface area (Å²) in [6.07, 6.45) is -4.54. The summed E-state index contributed by atoms with van der Waals surface area (Å²) in [4.78, 5) is 0. The van der Waals surface area contributed by atoms with Gasteiger partial charge < -0.3 is 5.11 Å². The highest BCUT2D eigenvalue weighted by molar-refractivity contribution is 5.18. The van der Waals surface area contributed by atoms with Crippen molar-refractivity contribution in [3.05, 3.63) is 48.6 Å². The van der Waals surface area contributed by atoms with E-state index in [-0.39, 0.29) is 0 Å². The zero-order chi connectivity index (χ0) is 12.2. The largest absolute Gasteiger partial charge is 0.417 e. The second-order valence-electron chi connectivity index (χ2n) is 3.68. The van der Waals surface area contributed by atoms with Crippen LogP contribution < -0.4 is 0 Å². The molecule has 16 heavy (non-hydrogen) atoms. The Hall–Kier alpha value is -1.29. The minimum Gasteiger partial charge on any atom is -0.380 e. The summed E-state index contributed by atoms with van der Waals surface area (Å²) in [5.74, 6) is 0. The number of aliphatic hydroxyl groups is 1. The monoisotopic (exact) mass is 230 g/mol. The molecule has 0 amide bonds. The zero-order valence-electron chi connectivity index (χ0n) is 8.67. The molecule has 0 aliphatic rings. The Morgan fingerprint density at radius 3 is 2.19 bits per heavy atom. The molecule has 0 radical (unpaired) electrons. The van der Waals surface area contributed by atoms with Crippen LogP contribution in [0.15, 0.2) is 43.0 Å². The van der Waals surface area contributed by atoms with E-state index in [9.17, 15) is 18.3 Å². The minimum absolute atomic E-state index is 0.448. The molecule has 0 aliphatic heterocycles. The maximum atomic E-state index is 12.7. The molecule has 0 heterocycles. The first kappa shape index (κ1) is 12.8. The summed E-state index contributed by atoms with van der Waals surface area (Å²) in [6, 6.07) is 8.10. The fraction of sp³-hybridized carbons (Fsp3) is 0.333. The molecule has 1 atom stereocenters. The van der Waals surface area contributed by atoms with E-state index in [4.69, 9.17) is 0 Å². The van der Waals surface area contributed by atoms with Gasteiger partial charge in [-0.1, -0.05) is 36.4 Å². The summed E-state index contributed by atoms with van der Waals surface area (Å²) < 4.78 is 38.0. The van der Waals surface area contributed by atoms with E-state index < -0.39 is 24.6 Å². The van der Waals surface area contributed by atoms with Gasteiger partial charge in [-0.25, -0.2) is 0 Å². The normalized spacial score (nSPS) is 15.5. The van der Waals surface area contributed by atoms with Crippen LogP contribution in [0.1, 0.15) is 12.0 Å². The van der Waals surface area contributed by atoms with E-state index in [1.165, 1.54) is 0 Å². The number of benzene rings is 1. The molecule has 0 bridgehead atoms. The van der Waals surface area contributed by atoms with Crippen LogP contribution in [0.5, 0.6) is 0 Å². The summed E-state index contributed by atoms with van der Waals surface area (Å²) >= 11 is 0. The Morgan fingerprint density at radius 1 is 1.19 bits per heavy atom. The molecule has 0 spiro atoms. The molecule has 0 aliphatic carbocycles. The van der Waals surface area contributed by atoms with Crippen molar-refractivity contribution in [3.8, 4) is 0 Å². The van der Waals surface area contributed by atoms with Crippen LogP contribution in [0.3, 0.4) is 0 Å². The van der Waals surface area contributed by atoms with Crippen LogP contribution in [0, 0.1) is 0 Å². The Labute approximate surface area is 92.2 Å². The number of hydrogen-bond acceptors (Lipinski definition) is 1. The predicted molar refractivity (Wildman–Crippen MR) is 56.0 cm³/mol. The van der Waals surface area contributed by atoms with Crippen LogP contribution in [0.4, 0.5) is 13.2 Å². The highest BCUT2D eigenvalue weighted by Crippen LogP contribution is 2.36. The van der Waals surface area contributed by atoms with Crippen molar-refractivity contribution < 1.29 is 18.3 Å². The average molecular weight is 230 g/mol. The molecule has 4 heteroatoms. The van der Waals surface area contributed by atoms with E-state index in [1.807, 2.05) is 0 Å². The second-order valence-corrected chi connectivity index (χ2v) is 3.68. The van der Waals surface area contributed by atoms with E-state index in [0.29, 0.717) is 5.56 Å². The minimum atomic E-state index is -4.66. The maximum absolute atomic E-state index is 12.7. The third-order valence-electron chi connectivity index (χ3n) is 2.35. The SMILES string of the molecule is C=CC[C@@](O)(Cc1ccccc1)C(F)(F)F. The van der Waals surface area contributed by atoms with Gasteiger partial charge in [-0.15, -0.1) is 6.58 Å². The van der Waals surface area contributed by atoms with Gasteiger partial charge in [-0.2, -0.15) is 13.2 Å². The van der Waals surface area contributed by atoms with Crippen molar-refractivity contribution in [3.63, 3.8) is 0 Å². The number of alkyl halides is 3. The summed E-state index contributed by atoms with van der Waals surface area (Å²) in [6.45, 7) is 3.24. The van der Waals surface area contributed by atoms with Gasteiger partial charge in [-0.05, 0) is 5.56 Å². The molecule has 0 saturated carbocycles. The third-order valence-corrected chi connectivity index (χ3v) is 2.35. The molecular formula is C12H13F3O. The van der Waals surface area contributed by atoms with Gasteiger partial charge in [0.2, 0.25) is 0 Å². The predicted octanol–water partition coefficient (Wildman–Crippen LogP) is 3.10. The Bertz CT molecular complexity index is 345. The first-order valence-corrected chi connectivity index (χ1v) is 4.83. The lowest BCUT2D eigenvalue weighted by atomic mass is 9.90. The smallest absolute Gasteiger partial charge is 0.380 e. The summed E-state index contributed by atoms with van der Waals surface area (Å²) in [5, 5.41) is 9.60. The fourth-order valence-corrected chi connectivity index (χ4v) is 1.46. The molecule has 0 fully saturated rings. The fourth-order valence-electron chi connectivity index (χ4n) is 1.46. The zero-order valence-corrected chi connectivity index (χ0v) is 8.67. The van der Waals surface area contributed by atoms with Crippen LogP contribution in [0.25, 0.3) is 0 Å². The van der Waals surface area contributed by atoms with Crippen molar-refractivity contribution in [2.75, 3.05) is 0 Å². The van der Waals surface area contributed by atoms with Crippen LogP contribution >= 0.6 is 0 Å². The molecule has 0 unspecified atom stereocenters. The van der Waals surface area contributed by atoms with E-state index in [2.05, 4.69) is 6.58 Å². The lowest BCUT2D eigenvalue weighted by Gasteiger charge is -2.29. The molecular weight excluding hydrogens is 217 g/mol. The van der Waals surface area contributed by atoms with Crippen molar-refractivity contribution >= 4 is 0 Å². The van der Waals surface area contributed by atoms with Crippen LogP contribution in [0.2, 0.25) is 0 Å². The van der Waals surface area contributed by atoms with E-state index in [0.717, 1.165) is 6.08 Å². The quantitative estimate of drug-likeness (QED) is 0.788. The van der Waals surface area contributed by atoms with Gasteiger partial charge in [0, 0.05) is 12.8 Å². The van der Waals surface area contributed by atoms with Gasteiger partial charge in [0.1, 0.15) is 0 Å². The Morgan fingerprint density at radius 2 is 1.75 bits per heavy atom. The second kappa shape index (κ2) is 4.70. The van der Waals surface area contributed by atoms with Crippen molar-refractivity contribution in [1.29, 1.82) is 0 Å². The first-order chi connectivity index (χ1) is 7.39. The van der Waals surface area contributed by atoms with Gasteiger partial charge in [0.05, 0.1) is 0 Å². The van der Waals surface area contributed by atoms with Gasteiger partial charge >= 0.3 is 6.18 Å². The maximum Gasteiger partial charge on any atom is 0.417 e. The highest BCUT2D eigenvalue weighted by atomic mass is 19.4. The standard InChI is InChI=1S/C12H13F3O/c1-2-8-11(16,12(13,14)15)9-10-6-4-3-5-7-10/h2-7,16H,1,8-9H2/t11-/m1/s1. The Balaban J connectivity index is 2.92. The van der Waals surface area contributed by atoms with E-state index in [1.54, 1.807) is 30.3 Å². The summed E-state index contributed by atoms with van der Waals surface area (Å²) in [5.41, 5.74) is -2.28. The summed E-state index contributed by atoms with van der Waals surface area (Å²) in [7, 11) is 0. The molecule has 0 saturated heterocycles. The van der Waals surface area contributed by atoms with Crippen molar-refractivity contribution in [2.45, 2.75) is 24.6 Å². The van der Waals surface area contributed by atoms with Gasteiger partial charge in [0.25, 0.3) is 0 Å². The van der Waals surface area contributed by atoms with Gasteiger partial charge in [-0.3, -0.25) is 0 Å². The Kier molecular flexibility index (Phi) is 3.75. The molecule has 1 aromatic carbocycles. The number of hydrogen-bond donors (Lipinski definition) is 1. The lowest BCUT2D eigenvalue weighted by Crippen LogP contribution is -2.46. The lowest BCUT2D eigenvalue weighted by molar-refractivity contribution is -0.258. The topological polar surface area (TPSA) is 20.2 Å². The molecule has 88 valence electrons.